The lowest BCUT2D eigenvalue weighted by molar-refractivity contribution is -0.130. The molecule has 3 amide bonds. The molecule has 18 heavy (non-hydrogen) atoms. The highest BCUT2D eigenvalue weighted by Crippen LogP contribution is 2.18. The standard InChI is InChI=1S/C12H22N4O2/c1-8-6-15(7-9(8)13)4-5-16-10(17)12(2,3)14-11(16)18/h8-9H,4-7,13H2,1-3H3,(H,14,18). The number of carbonyl (C=O) groups excluding carboxylic acids is 2. The Morgan fingerprint density at radius 3 is 2.44 bits per heavy atom. The smallest absolute Gasteiger partial charge is 0.325 e. The molecule has 3 N–H and O–H groups in total. The van der Waals surface area contributed by atoms with Gasteiger partial charge in [0, 0.05) is 32.2 Å². The predicted molar refractivity (Wildman–Crippen MR) is 67.9 cm³/mol. The monoisotopic (exact) mass is 254 g/mol. The van der Waals surface area contributed by atoms with Crippen LogP contribution in [0.15, 0.2) is 0 Å². The molecule has 2 rings (SSSR count). The predicted octanol–water partition coefficient (Wildman–Crippen LogP) is -0.404. The average molecular weight is 254 g/mol. The largest absolute Gasteiger partial charge is 0.326 e. The van der Waals surface area contributed by atoms with E-state index in [9.17, 15) is 9.59 Å². The number of hydrogen-bond acceptors (Lipinski definition) is 4. The number of amides is 3. The molecule has 2 atom stereocenters. The van der Waals surface area contributed by atoms with Gasteiger partial charge in [-0.3, -0.25) is 14.6 Å². The SMILES string of the molecule is CC1CN(CCN2C(=O)NC(C)(C)C2=O)CC1N. The second-order valence-electron chi connectivity index (χ2n) is 5.91. The molecule has 0 radical (unpaired) electrons. The number of carbonyl (C=O) groups is 2. The van der Waals surface area contributed by atoms with Crippen LogP contribution in [0.25, 0.3) is 0 Å². The van der Waals surface area contributed by atoms with Gasteiger partial charge in [0.25, 0.3) is 5.91 Å². The van der Waals surface area contributed by atoms with Crippen molar-refractivity contribution in [3.8, 4) is 0 Å². The molecule has 6 nitrogen and oxygen atoms in total. The maximum Gasteiger partial charge on any atom is 0.325 e. The summed E-state index contributed by atoms with van der Waals surface area (Å²) in [5, 5.41) is 2.68. The van der Waals surface area contributed by atoms with Gasteiger partial charge in [-0.2, -0.15) is 0 Å². The van der Waals surface area contributed by atoms with Gasteiger partial charge in [0.1, 0.15) is 5.54 Å². The van der Waals surface area contributed by atoms with Crippen molar-refractivity contribution in [2.24, 2.45) is 11.7 Å². The van der Waals surface area contributed by atoms with E-state index in [2.05, 4.69) is 17.1 Å². The van der Waals surface area contributed by atoms with E-state index >= 15 is 0 Å². The van der Waals surface area contributed by atoms with Gasteiger partial charge in [0.05, 0.1) is 0 Å². The first-order chi connectivity index (χ1) is 8.31. The number of urea groups is 1. The molecule has 2 fully saturated rings. The van der Waals surface area contributed by atoms with Crippen LogP contribution < -0.4 is 11.1 Å². The van der Waals surface area contributed by atoms with Gasteiger partial charge >= 0.3 is 6.03 Å². The quantitative estimate of drug-likeness (QED) is 0.671. The van der Waals surface area contributed by atoms with E-state index in [0.29, 0.717) is 19.0 Å². The molecular weight excluding hydrogens is 232 g/mol. The topological polar surface area (TPSA) is 78.7 Å². The Morgan fingerprint density at radius 1 is 1.33 bits per heavy atom. The van der Waals surface area contributed by atoms with Gasteiger partial charge < -0.3 is 11.1 Å². The molecule has 0 aromatic heterocycles. The molecule has 102 valence electrons. The highest BCUT2D eigenvalue weighted by Gasteiger charge is 2.44. The molecular formula is C12H22N4O2. The fraction of sp³-hybridized carbons (Fsp3) is 0.833. The summed E-state index contributed by atoms with van der Waals surface area (Å²) in [7, 11) is 0. The van der Waals surface area contributed by atoms with Crippen LogP contribution in [-0.2, 0) is 4.79 Å². The second-order valence-corrected chi connectivity index (χ2v) is 5.91. The summed E-state index contributed by atoms with van der Waals surface area (Å²) in [6, 6.07) is -0.0916. The minimum Gasteiger partial charge on any atom is -0.326 e. The van der Waals surface area contributed by atoms with Crippen LogP contribution in [0, 0.1) is 5.92 Å². The van der Waals surface area contributed by atoms with Gasteiger partial charge in [-0.25, -0.2) is 4.79 Å². The van der Waals surface area contributed by atoms with Crippen molar-refractivity contribution in [1.29, 1.82) is 0 Å². The molecule has 2 aliphatic rings. The van der Waals surface area contributed by atoms with Crippen LogP contribution in [-0.4, -0.2) is 59.5 Å². The van der Waals surface area contributed by atoms with E-state index in [4.69, 9.17) is 5.73 Å². The zero-order valence-corrected chi connectivity index (χ0v) is 11.3. The van der Waals surface area contributed by atoms with Gasteiger partial charge in [-0.05, 0) is 19.8 Å². The van der Waals surface area contributed by atoms with Gasteiger partial charge in [0.2, 0.25) is 0 Å². The van der Waals surface area contributed by atoms with Gasteiger partial charge in [-0.1, -0.05) is 6.92 Å². The van der Waals surface area contributed by atoms with Crippen LogP contribution in [0.3, 0.4) is 0 Å². The summed E-state index contributed by atoms with van der Waals surface area (Å²) >= 11 is 0. The maximum absolute atomic E-state index is 12.0. The Kier molecular flexibility index (Phi) is 3.33. The maximum atomic E-state index is 12.0. The number of likely N-dealkylation sites (tertiary alicyclic amines) is 1. The minimum atomic E-state index is -0.772. The first-order valence-electron chi connectivity index (χ1n) is 6.43. The van der Waals surface area contributed by atoms with E-state index in [1.807, 2.05) is 0 Å². The third-order valence-corrected chi connectivity index (χ3v) is 3.83. The molecule has 0 saturated carbocycles. The first kappa shape index (κ1) is 13.3. The lowest BCUT2D eigenvalue weighted by atomic mass is 10.1. The lowest BCUT2D eigenvalue weighted by Crippen LogP contribution is -2.41. The second kappa shape index (κ2) is 4.51. The van der Waals surface area contributed by atoms with Crippen molar-refractivity contribution in [2.75, 3.05) is 26.2 Å². The normalized spacial score (nSPS) is 32.1. The van der Waals surface area contributed by atoms with E-state index in [-0.39, 0.29) is 18.0 Å². The molecule has 0 aliphatic carbocycles. The number of rotatable bonds is 3. The Bertz CT molecular complexity index is 359. The zero-order valence-electron chi connectivity index (χ0n) is 11.3. The highest BCUT2D eigenvalue weighted by molar-refractivity contribution is 6.06. The van der Waals surface area contributed by atoms with Crippen LogP contribution in [0.4, 0.5) is 4.79 Å². The first-order valence-corrected chi connectivity index (χ1v) is 6.43. The fourth-order valence-electron chi connectivity index (χ4n) is 2.54. The summed E-state index contributed by atoms with van der Waals surface area (Å²) in [5.74, 6) is 0.327. The van der Waals surface area contributed by atoms with Crippen molar-refractivity contribution < 1.29 is 9.59 Å². The molecule has 0 bridgehead atoms. The van der Waals surface area contributed by atoms with Crippen LogP contribution in [0.2, 0.25) is 0 Å². The molecule has 0 aromatic rings. The number of imide groups is 1. The summed E-state index contributed by atoms with van der Waals surface area (Å²) < 4.78 is 0. The number of hydrogen-bond donors (Lipinski definition) is 2. The number of nitrogens with one attached hydrogen (secondary N) is 1. The van der Waals surface area contributed by atoms with Crippen LogP contribution in [0.1, 0.15) is 20.8 Å². The Balaban J connectivity index is 1.88. The molecule has 2 heterocycles. The molecule has 0 aromatic carbocycles. The molecule has 2 saturated heterocycles. The third kappa shape index (κ3) is 2.35. The average Bonchev–Trinajstić information content (AvgIpc) is 2.66. The van der Waals surface area contributed by atoms with Gasteiger partial charge in [-0.15, -0.1) is 0 Å². The molecule has 2 unspecified atom stereocenters. The number of nitrogens with zero attached hydrogens (tertiary/aromatic N) is 2. The van der Waals surface area contributed by atoms with Crippen molar-refractivity contribution in [3.63, 3.8) is 0 Å². The highest BCUT2D eigenvalue weighted by atomic mass is 16.2. The Labute approximate surface area is 107 Å². The lowest BCUT2D eigenvalue weighted by Gasteiger charge is -2.20. The van der Waals surface area contributed by atoms with Crippen molar-refractivity contribution >= 4 is 11.9 Å². The fourth-order valence-corrected chi connectivity index (χ4v) is 2.54. The van der Waals surface area contributed by atoms with Crippen LogP contribution in [0.5, 0.6) is 0 Å². The van der Waals surface area contributed by atoms with E-state index in [1.165, 1.54) is 4.90 Å². The van der Waals surface area contributed by atoms with E-state index in [1.54, 1.807) is 13.8 Å². The Morgan fingerprint density at radius 2 is 2.00 bits per heavy atom. The summed E-state index contributed by atoms with van der Waals surface area (Å²) in [6.45, 7) is 8.49. The van der Waals surface area contributed by atoms with E-state index < -0.39 is 5.54 Å². The van der Waals surface area contributed by atoms with Crippen molar-refractivity contribution in [1.82, 2.24) is 15.1 Å². The van der Waals surface area contributed by atoms with E-state index in [0.717, 1.165) is 13.1 Å². The third-order valence-electron chi connectivity index (χ3n) is 3.83. The van der Waals surface area contributed by atoms with Crippen molar-refractivity contribution in [3.05, 3.63) is 0 Å². The van der Waals surface area contributed by atoms with Gasteiger partial charge in [0.15, 0.2) is 0 Å². The molecule has 6 heteroatoms. The van der Waals surface area contributed by atoms with Crippen molar-refractivity contribution in [2.45, 2.75) is 32.4 Å². The summed E-state index contributed by atoms with van der Waals surface area (Å²) in [5.41, 5.74) is 5.18. The van der Waals surface area contributed by atoms with Crippen LogP contribution >= 0.6 is 0 Å². The minimum absolute atomic E-state index is 0.149. The summed E-state index contributed by atoms with van der Waals surface area (Å²) in [4.78, 5) is 27.2. The zero-order chi connectivity index (χ0) is 13.5. The number of nitrogens with two attached hydrogens (primary N) is 1. The molecule has 2 aliphatic heterocycles. The summed E-state index contributed by atoms with van der Waals surface area (Å²) in [6.07, 6.45) is 0. The Hall–Kier alpha value is -1.14. The molecule has 0 spiro atoms.